The van der Waals surface area contributed by atoms with Crippen molar-refractivity contribution in [3.63, 3.8) is 0 Å². The van der Waals surface area contributed by atoms with E-state index >= 15 is 0 Å². The Morgan fingerprint density at radius 2 is 1.10 bits per heavy atom. The summed E-state index contributed by atoms with van der Waals surface area (Å²) in [6, 6.07) is 0. The van der Waals surface area contributed by atoms with Crippen molar-refractivity contribution in [1.82, 2.24) is 0 Å². The minimum Gasteiger partial charge on any atom is -0.741 e. The summed E-state index contributed by atoms with van der Waals surface area (Å²) in [5, 5.41) is 0. The number of rotatable bonds is 6. The van der Waals surface area contributed by atoms with Crippen LogP contribution in [0.15, 0.2) is 0 Å². The normalized spacial score (nSPS) is 16.5. The van der Waals surface area contributed by atoms with Crippen molar-refractivity contribution in [2.75, 3.05) is 26.2 Å². The molecule has 0 aliphatic carbocycles. The summed E-state index contributed by atoms with van der Waals surface area (Å²) in [5.74, 6) is 0. The van der Waals surface area contributed by atoms with Gasteiger partial charge < -0.3 is 13.6 Å². The molecule has 0 amide bonds. The number of likely N-dealkylation sites (tertiary alicyclic amines) is 1. The van der Waals surface area contributed by atoms with Gasteiger partial charge in [0.2, 0.25) is 0 Å². The van der Waals surface area contributed by atoms with Crippen LogP contribution in [0.2, 0.25) is 0 Å². The third-order valence-corrected chi connectivity index (χ3v) is 5.37. The number of nitrogens with zero attached hydrogens (tertiary/aromatic N) is 1. The fourth-order valence-corrected chi connectivity index (χ4v) is 2.58. The molecule has 1 rings (SSSR count). The number of halogens is 6. The van der Waals surface area contributed by atoms with Gasteiger partial charge in [0.05, 0.1) is 26.2 Å². The van der Waals surface area contributed by atoms with E-state index in [9.17, 15) is 26.3 Å². The van der Waals surface area contributed by atoms with E-state index in [0.29, 0.717) is 0 Å². The van der Waals surface area contributed by atoms with Crippen LogP contribution < -0.4 is 0 Å². The van der Waals surface area contributed by atoms with Gasteiger partial charge in [0, 0.05) is 32.9 Å². The summed E-state index contributed by atoms with van der Waals surface area (Å²) in [6.07, 6.45) is 8.66. The molecule has 0 unspecified atom stereocenters. The van der Waals surface area contributed by atoms with E-state index in [0.717, 1.165) is 0 Å². The van der Waals surface area contributed by atoms with Crippen molar-refractivity contribution in [3.05, 3.63) is 0 Å². The van der Waals surface area contributed by atoms with Crippen molar-refractivity contribution >= 4 is 20.2 Å². The van der Waals surface area contributed by atoms with E-state index in [1.165, 1.54) is 69.2 Å². The molecule has 1 aliphatic heterocycles. The van der Waals surface area contributed by atoms with Gasteiger partial charge in [-0.25, -0.2) is 16.8 Å². The zero-order valence-corrected chi connectivity index (χ0v) is 20.4. The van der Waals surface area contributed by atoms with Crippen molar-refractivity contribution in [2.24, 2.45) is 0 Å². The summed E-state index contributed by atoms with van der Waals surface area (Å²) in [7, 11) is -12.2. The number of hydrogen-bond donors (Lipinski definition) is 0. The molecule has 187 valence electrons. The molecule has 1 saturated heterocycles. The van der Waals surface area contributed by atoms with Gasteiger partial charge in [-0.15, -0.1) is 0 Å². The van der Waals surface area contributed by atoms with Crippen LogP contribution in [0.1, 0.15) is 52.4 Å². The monoisotopic (exact) mass is 675 g/mol. The molecule has 0 bridgehead atoms. The van der Waals surface area contributed by atoms with Crippen molar-refractivity contribution in [2.45, 2.75) is 63.4 Å². The van der Waals surface area contributed by atoms with E-state index in [1.54, 1.807) is 0 Å². The Morgan fingerprint density at radius 1 is 0.767 bits per heavy atom. The topological polar surface area (TPSA) is 114 Å². The number of hydrogen-bond acceptors (Lipinski definition) is 6. The van der Waals surface area contributed by atoms with Crippen LogP contribution in [0.3, 0.4) is 0 Å². The summed E-state index contributed by atoms with van der Waals surface area (Å²) in [5.41, 5.74) is -11.3. The largest absolute Gasteiger partial charge is 0.741 e. The zero-order valence-electron chi connectivity index (χ0n) is 16.4. The van der Waals surface area contributed by atoms with Gasteiger partial charge >= 0.3 is 11.0 Å². The van der Waals surface area contributed by atoms with Crippen LogP contribution >= 0.6 is 0 Å². The van der Waals surface area contributed by atoms with Crippen LogP contribution in [0, 0.1) is 0 Å². The molecule has 0 spiro atoms. The number of alkyl halides is 6. The second-order valence-corrected chi connectivity index (χ2v) is 9.14. The first-order valence-corrected chi connectivity index (χ1v) is 11.5. The summed E-state index contributed by atoms with van der Waals surface area (Å²) in [4.78, 5) is 0. The molecule has 0 aromatic heterocycles. The molecule has 0 aromatic carbocycles. The zero-order chi connectivity index (χ0) is 23.6. The maximum absolute atomic E-state index is 10.7. The standard InChI is InChI=1S/C12H26N.2CHF3O3S.Ir/c1-3-5-6-7-10-13(4-2)11-8-9-12-13;2*2-1(3,4)8(5,6)7;/h3-12H2,1-2H3;2*(H,5,6,7);/q+1;;;/p-2. The SMILES string of the molecule is CCCCCC[N+]1(CC)CCCC1.O=S(=O)([O-])C(F)(F)F.O=S(=O)([O-])C(F)(F)F.[Ir]. The van der Waals surface area contributed by atoms with Gasteiger partial charge in [-0.3, -0.25) is 0 Å². The van der Waals surface area contributed by atoms with Gasteiger partial charge in [0.1, 0.15) is 0 Å². The van der Waals surface area contributed by atoms with Gasteiger partial charge in [-0.05, 0) is 19.8 Å². The molecule has 7 nitrogen and oxygen atoms in total. The van der Waals surface area contributed by atoms with Gasteiger partial charge in [0.25, 0.3) is 0 Å². The Balaban J connectivity index is -0.000000378. The maximum atomic E-state index is 10.7. The molecular weight excluding hydrogens is 648 g/mol. The smallest absolute Gasteiger partial charge is 0.485 e. The molecular formula is C14H26F6IrNO6S2-. The molecule has 1 aliphatic rings. The summed E-state index contributed by atoms with van der Waals surface area (Å²) >= 11 is 0. The van der Waals surface area contributed by atoms with Crippen molar-refractivity contribution in [3.8, 4) is 0 Å². The van der Waals surface area contributed by atoms with Crippen molar-refractivity contribution < 1.29 is 76.9 Å². The van der Waals surface area contributed by atoms with E-state index < -0.39 is 31.3 Å². The van der Waals surface area contributed by atoms with E-state index in [-0.39, 0.29) is 20.1 Å². The molecule has 0 aromatic rings. The predicted molar refractivity (Wildman–Crippen MR) is 90.3 cm³/mol. The quantitative estimate of drug-likeness (QED) is 0.141. The molecule has 0 saturated carbocycles. The maximum Gasteiger partial charge on any atom is 0.485 e. The Kier molecular flexibility index (Phi) is 16.4. The van der Waals surface area contributed by atoms with Gasteiger partial charge in [-0.2, -0.15) is 26.3 Å². The van der Waals surface area contributed by atoms with E-state index in [1.807, 2.05) is 0 Å². The first kappa shape index (κ1) is 34.6. The fourth-order valence-electron chi connectivity index (χ4n) is 2.58. The number of unbranched alkanes of at least 4 members (excludes halogenated alkanes) is 3. The Labute approximate surface area is 186 Å². The second-order valence-electron chi connectivity index (χ2n) is 6.40. The minimum absolute atomic E-state index is 0. The second kappa shape index (κ2) is 14.2. The molecule has 1 radical (unpaired) electrons. The average molecular weight is 675 g/mol. The third-order valence-electron chi connectivity index (χ3n) is 4.24. The van der Waals surface area contributed by atoms with E-state index in [4.69, 9.17) is 25.9 Å². The van der Waals surface area contributed by atoms with E-state index in [2.05, 4.69) is 13.8 Å². The van der Waals surface area contributed by atoms with Crippen LogP contribution in [0.25, 0.3) is 0 Å². The van der Waals surface area contributed by atoms with Crippen LogP contribution in [-0.4, -0.2) is 67.6 Å². The third kappa shape index (κ3) is 14.9. The molecule has 0 N–H and O–H groups in total. The molecule has 30 heavy (non-hydrogen) atoms. The fraction of sp³-hybridized carbons (Fsp3) is 1.00. The Morgan fingerprint density at radius 3 is 1.33 bits per heavy atom. The molecule has 1 heterocycles. The first-order valence-electron chi connectivity index (χ1n) is 8.72. The summed E-state index contributed by atoms with van der Waals surface area (Å²) < 4.78 is 119. The van der Waals surface area contributed by atoms with Crippen LogP contribution in [0.4, 0.5) is 26.3 Å². The minimum atomic E-state index is -6.09. The number of quaternary nitrogens is 1. The Bertz CT molecular complexity index is 619. The average Bonchev–Trinajstić information content (AvgIpc) is 2.98. The van der Waals surface area contributed by atoms with Gasteiger partial charge in [0.15, 0.2) is 20.2 Å². The molecule has 0 atom stereocenters. The molecule has 1 fully saturated rings. The predicted octanol–water partition coefficient (Wildman–Crippen LogP) is 3.30. The van der Waals surface area contributed by atoms with Crippen LogP contribution in [-0.2, 0) is 40.3 Å². The van der Waals surface area contributed by atoms with Crippen molar-refractivity contribution in [1.29, 1.82) is 0 Å². The molecule has 16 heteroatoms. The van der Waals surface area contributed by atoms with Gasteiger partial charge in [-0.1, -0.05) is 19.8 Å². The first-order chi connectivity index (χ1) is 12.8. The summed E-state index contributed by atoms with van der Waals surface area (Å²) in [6.45, 7) is 10.4. The van der Waals surface area contributed by atoms with Crippen LogP contribution in [0.5, 0.6) is 0 Å². The Hall–Kier alpha value is 0.00935.